The lowest BCUT2D eigenvalue weighted by Gasteiger charge is -2.25. The van der Waals surface area contributed by atoms with Crippen molar-refractivity contribution in [2.45, 2.75) is 37.5 Å². The first-order valence-corrected chi connectivity index (χ1v) is 10.1. The Morgan fingerprint density at radius 1 is 1.26 bits per heavy atom. The first-order chi connectivity index (χ1) is 14.8. The van der Waals surface area contributed by atoms with Crippen molar-refractivity contribution in [1.82, 2.24) is 29.7 Å². The number of anilines is 2. The lowest BCUT2D eigenvalue weighted by atomic mass is 10.1. The number of nitrogens with one attached hydrogen (secondary N) is 2. The first-order valence-electron chi connectivity index (χ1n) is 10.1. The maximum Gasteiger partial charge on any atom is 0.437 e. The summed E-state index contributed by atoms with van der Waals surface area (Å²) in [7, 11) is 1.36. The predicted molar refractivity (Wildman–Crippen MR) is 106 cm³/mol. The second kappa shape index (κ2) is 7.22. The van der Waals surface area contributed by atoms with Crippen molar-refractivity contribution in [3.63, 3.8) is 0 Å². The molecule has 2 atom stereocenters. The normalized spacial score (nSPS) is 21.5. The van der Waals surface area contributed by atoms with Crippen molar-refractivity contribution in [3.05, 3.63) is 35.9 Å². The Morgan fingerprint density at radius 2 is 2.06 bits per heavy atom. The van der Waals surface area contributed by atoms with Crippen LogP contribution < -0.4 is 15.5 Å². The molecular weight excluding hydrogens is 413 g/mol. The highest BCUT2D eigenvalue weighted by Gasteiger charge is 2.38. The molecule has 9 nitrogen and oxygen atoms in total. The summed E-state index contributed by atoms with van der Waals surface area (Å²) >= 11 is 0. The monoisotopic (exact) mass is 434 g/mol. The van der Waals surface area contributed by atoms with Crippen LogP contribution in [-0.2, 0) is 13.2 Å². The van der Waals surface area contributed by atoms with Crippen LogP contribution in [-0.4, -0.2) is 55.5 Å². The van der Waals surface area contributed by atoms with Crippen LogP contribution in [0.25, 0.3) is 5.65 Å². The number of carbonyl (C=O) groups is 1. The molecule has 0 saturated carbocycles. The molecular formula is C19H21F3N8O. The number of amides is 1. The Hall–Kier alpha value is -3.15. The highest BCUT2D eigenvalue weighted by Crippen LogP contribution is 2.33. The number of rotatable bonds is 3. The van der Waals surface area contributed by atoms with Crippen molar-refractivity contribution in [2.75, 3.05) is 23.3 Å². The predicted octanol–water partition coefficient (Wildman–Crippen LogP) is 2.06. The van der Waals surface area contributed by atoms with Crippen LogP contribution in [0.15, 0.2) is 24.7 Å². The molecule has 3 aromatic rings. The van der Waals surface area contributed by atoms with Gasteiger partial charge in [0.2, 0.25) is 0 Å². The fourth-order valence-corrected chi connectivity index (χ4v) is 4.33. The Labute approximate surface area is 175 Å². The molecule has 12 heteroatoms. The topological polar surface area (TPSA) is 92.4 Å². The maximum atomic E-state index is 13.2. The Balaban J connectivity index is 1.43. The Morgan fingerprint density at radius 3 is 2.87 bits per heavy atom. The molecule has 1 unspecified atom stereocenters. The van der Waals surface area contributed by atoms with Gasteiger partial charge in [0.05, 0.1) is 11.9 Å². The third-order valence-corrected chi connectivity index (χ3v) is 5.79. The molecule has 2 saturated heterocycles. The van der Waals surface area contributed by atoms with E-state index in [2.05, 4.69) is 30.7 Å². The van der Waals surface area contributed by atoms with Gasteiger partial charge in [-0.25, -0.2) is 9.50 Å². The van der Waals surface area contributed by atoms with Gasteiger partial charge in [0, 0.05) is 44.6 Å². The molecule has 0 spiro atoms. The fourth-order valence-electron chi connectivity index (χ4n) is 4.33. The zero-order chi connectivity index (χ0) is 21.8. The van der Waals surface area contributed by atoms with Gasteiger partial charge in [0.1, 0.15) is 11.4 Å². The van der Waals surface area contributed by atoms with Gasteiger partial charge in [-0.1, -0.05) is 0 Å². The molecule has 1 amide bonds. The average Bonchev–Trinajstić information content (AvgIpc) is 3.37. The molecule has 5 heterocycles. The summed E-state index contributed by atoms with van der Waals surface area (Å²) in [5, 5.41) is 13.4. The average molecular weight is 434 g/mol. The SMILES string of the molecule is Cn1cc(NC(=O)c2cnn3ccc(N4CCC5CC[C@@H](C4)N5)nc23)c(C(F)(F)F)n1. The summed E-state index contributed by atoms with van der Waals surface area (Å²) in [5.74, 6) is -0.0106. The van der Waals surface area contributed by atoms with Crippen LogP contribution in [0.4, 0.5) is 24.7 Å². The maximum absolute atomic E-state index is 13.2. The molecule has 2 N–H and O–H groups in total. The van der Waals surface area contributed by atoms with Crippen LogP contribution in [0.3, 0.4) is 0 Å². The zero-order valence-electron chi connectivity index (χ0n) is 16.7. The minimum absolute atomic E-state index is 0.0910. The van der Waals surface area contributed by atoms with Crippen molar-refractivity contribution < 1.29 is 18.0 Å². The van der Waals surface area contributed by atoms with E-state index in [1.807, 2.05) is 6.07 Å². The standard InChI is InChI=1S/C19H21F3N8O/c1-28-10-14(16(27-28)19(20,21)22)25-18(31)13-8-23-30-7-5-15(26-17(13)30)29-6-4-11-2-3-12(9-29)24-11/h5,7-8,10-12,24H,2-4,6,9H2,1H3,(H,25,31)/t11?,12-/m0/s1. The van der Waals surface area contributed by atoms with Gasteiger partial charge in [-0.2, -0.15) is 23.4 Å². The first kappa shape index (κ1) is 19.8. The zero-order valence-corrected chi connectivity index (χ0v) is 16.7. The van der Waals surface area contributed by atoms with Gasteiger partial charge in [-0.15, -0.1) is 0 Å². The molecule has 2 bridgehead atoms. The van der Waals surface area contributed by atoms with E-state index >= 15 is 0 Å². The fraction of sp³-hybridized carbons (Fsp3) is 0.474. The van der Waals surface area contributed by atoms with E-state index in [1.54, 1.807) is 6.20 Å². The largest absolute Gasteiger partial charge is 0.437 e. The molecule has 31 heavy (non-hydrogen) atoms. The second-order valence-electron chi connectivity index (χ2n) is 8.00. The number of halogens is 3. The number of nitrogens with zero attached hydrogens (tertiary/aromatic N) is 6. The van der Waals surface area contributed by atoms with E-state index in [9.17, 15) is 18.0 Å². The van der Waals surface area contributed by atoms with Gasteiger partial charge in [0.25, 0.3) is 5.91 Å². The quantitative estimate of drug-likeness (QED) is 0.656. The number of hydrogen-bond acceptors (Lipinski definition) is 6. The minimum Gasteiger partial charge on any atom is -0.355 e. The van der Waals surface area contributed by atoms with E-state index in [1.165, 1.54) is 24.2 Å². The van der Waals surface area contributed by atoms with Crippen molar-refractivity contribution in [1.29, 1.82) is 0 Å². The van der Waals surface area contributed by atoms with Gasteiger partial charge >= 0.3 is 6.18 Å². The number of alkyl halides is 3. The molecule has 2 aliphatic heterocycles. The van der Waals surface area contributed by atoms with E-state index in [0.29, 0.717) is 17.9 Å². The molecule has 5 rings (SSSR count). The molecule has 0 radical (unpaired) electrons. The van der Waals surface area contributed by atoms with E-state index in [-0.39, 0.29) is 11.2 Å². The van der Waals surface area contributed by atoms with E-state index < -0.39 is 23.5 Å². The van der Waals surface area contributed by atoms with Gasteiger partial charge in [-0.3, -0.25) is 9.48 Å². The van der Waals surface area contributed by atoms with Crippen LogP contribution >= 0.6 is 0 Å². The molecule has 0 aromatic carbocycles. The third kappa shape index (κ3) is 3.71. The number of aryl methyl sites for hydroxylation is 1. The summed E-state index contributed by atoms with van der Waals surface area (Å²) in [6, 6.07) is 2.77. The Kier molecular flexibility index (Phi) is 4.61. The molecule has 2 fully saturated rings. The lowest BCUT2D eigenvalue weighted by molar-refractivity contribution is -0.140. The minimum atomic E-state index is -4.68. The highest BCUT2D eigenvalue weighted by atomic mass is 19.4. The van der Waals surface area contributed by atoms with Gasteiger partial charge in [-0.05, 0) is 25.3 Å². The highest BCUT2D eigenvalue weighted by molar-refractivity contribution is 6.08. The lowest BCUT2D eigenvalue weighted by Crippen LogP contribution is -2.35. The number of aromatic nitrogens is 5. The molecule has 2 aliphatic rings. The van der Waals surface area contributed by atoms with Crippen molar-refractivity contribution in [2.24, 2.45) is 7.05 Å². The van der Waals surface area contributed by atoms with Crippen molar-refractivity contribution in [3.8, 4) is 0 Å². The van der Waals surface area contributed by atoms with E-state index in [4.69, 9.17) is 0 Å². The van der Waals surface area contributed by atoms with E-state index in [0.717, 1.165) is 36.8 Å². The number of carbonyl (C=O) groups excluding carboxylic acids is 1. The number of fused-ring (bicyclic) bond motifs is 3. The van der Waals surface area contributed by atoms with Crippen molar-refractivity contribution >= 4 is 23.1 Å². The summed E-state index contributed by atoms with van der Waals surface area (Å²) in [6.45, 7) is 1.66. The number of hydrogen-bond donors (Lipinski definition) is 2. The van der Waals surface area contributed by atoms with Gasteiger partial charge in [0.15, 0.2) is 11.3 Å². The van der Waals surface area contributed by atoms with Gasteiger partial charge < -0.3 is 15.5 Å². The smallest absolute Gasteiger partial charge is 0.355 e. The summed E-state index contributed by atoms with van der Waals surface area (Å²) < 4.78 is 42.0. The summed E-state index contributed by atoms with van der Waals surface area (Å²) in [6.07, 6.45) is 2.76. The molecule has 164 valence electrons. The third-order valence-electron chi connectivity index (χ3n) is 5.79. The van der Waals surface area contributed by atoms with Crippen LogP contribution in [0.1, 0.15) is 35.3 Å². The molecule has 3 aromatic heterocycles. The summed E-state index contributed by atoms with van der Waals surface area (Å²) in [5.41, 5.74) is -1.19. The van der Waals surface area contributed by atoms with Crippen LogP contribution in [0.5, 0.6) is 0 Å². The van der Waals surface area contributed by atoms with Crippen LogP contribution in [0, 0.1) is 0 Å². The second-order valence-corrected chi connectivity index (χ2v) is 8.00. The molecule has 0 aliphatic carbocycles. The summed E-state index contributed by atoms with van der Waals surface area (Å²) in [4.78, 5) is 19.6. The Bertz CT molecular complexity index is 1140. The van der Waals surface area contributed by atoms with Crippen LogP contribution in [0.2, 0.25) is 0 Å².